The molecule has 1 N–H and O–H groups in total. The van der Waals surface area contributed by atoms with Crippen LogP contribution < -0.4 is 5.32 Å². The molecular formula is C18H27N3O2. The number of rotatable bonds is 6. The first kappa shape index (κ1) is 17.5. The van der Waals surface area contributed by atoms with Gasteiger partial charge in [0.1, 0.15) is 0 Å². The van der Waals surface area contributed by atoms with Crippen molar-refractivity contribution in [2.45, 2.75) is 26.8 Å². The maximum absolute atomic E-state index is 12.2. The van der Waals surface area contributed by atoms with Crippen molar-refractivity contribution in [1.29, 1.82) is 0 Å². The van der Waals surface area contributed by atoms with E-state index < -0.39 is 0 Å². The zero-order valence-electron chi connectivity index (χ0n) is 14.1. The van der Waals surface area contributed by atoms with Crippen molar-refractivity contribution in [3.05, 3.63) is 35.9 Å². The normalized spacial score (nSPS) is 16.9. The molecule has 1 aromatic rings. The Morgan fingerprint density at radius 1 is 1.13 bits per heavy atom. The molecule has 23 heavy (non-hydrogen) atoms. The van der Waals surface area contributed by atoms with Crippen LogP contribution in [0.4, 0.5) is 0 Å². The van der Waals surface area contributed by atoms with E-state index in [9.17, 15) is 9.59 Å². The minimum absolute atomic E-state index is 0.0148. The number of benzene rings is 1. The van der Waals surface area contributed by atoms with Crippen LogP contribution in [0.1, 0.15) is 25.8 Å². The Bertz CT molecular complexity index is 510. The number of carbonyl (C=O) groups is 2. The highest BCUT2D eigenvalue weighted by molar-refractivity contribution is 5.85. The fraction of sp³-hybridized carbons (Fsp3) is 0.556. The Kier molecular flexibility index (Phi) is 6.59. The van der Waals surface area contributed by atoms with Crippen molar-refractivity contribution >= 4 is 11.8 Å². The van der Waals surface area contributed by atoms with Crippen molar-refractivity contribution in [1.82, 2.24) is 15.1 Å². The van der Waals surface area contributed by atoms with Crippen LogP contribution in [-0.2, 0) is 16.1 Å². The maximum Gasteiger partial charge on any atom is 0.242 e. The van der Waals surface area contributed by atoms with Crippen LogP contribution in [0.25, 0.3) is 0 Å². The van der Waals surface area contributed by atoms with Crippen molar-refractivity contribution in [3.8, 4) is 0 Å². The second-order valence-corrected chi connectivity index (χ2v) is 6.17. The third-order valence-corrected chi connectivity index (χ3v) is 4.45. The van der Waals surface area contributed by atoms with Gasteiger partial charge in [0.25, 0.3) is 0 Å². The average Bonchev–Trinajstić information content (AvgIpc) is 2.60. The summed E-state index contributed by atoms with van der Waals surface area (Å²) in [5, 5.41) is 2.74. The van der Waals surface area contributed by atoms with E-state index in [4.69, 9.17) is 0 Å². The molecule has 0 spiro atoms. The SMILES string of the molecule is CC[C@@H](C)C(=O)NCC(=O)N1CCN(Cc2ccccc2)CC1. The molecule has 1 heterocycles. The molecule has 126 valence electrons. The van der Waals surface area contributed by atoms with Gasteiger partial charge in [0.15, 0.2) is 0 Å². The van der Waals surface area contributed by atoms with Crippen LogP contribution >= 0.6 is 0 Å². The lowest BCUT2D eigenvalue weighted by molar-refractivity contribution is -0.135. The zero-order chi connectivity index (χ0) is 16.7. The van der Waals surface area contributed by atoms with Crippen molar-refractivity contribution < 1.29 is 9.59 Å². The van der Waals surface area contributed by atoms with Crippen LogP contribution in [0.3, 0.4) is 0 Å². The summed E-state index contributed by atoms with van der Waals surface area (Å²) in [6.45, 7) is 8.09. The van der Waals surface area contributed by atoms with Crippen LogP contribution in [0, 0.1) is 5.92 Å². The maximum atomic E-state index is 12.2. The molecule has 2 amide bonds. The molecule has 5 heteroatoms. The fourth-order valence-electron chi connectivity index (χ4n) is 2.63. The molecule has 2 rings (SSSR count). The van der Waals surface area contributed by atoms with E-state index in [1.807, 2.05) is 24.8 Å². The van der Waals surface area contributed by atoms with E-state index >= 15 is 0 Å². The standard InChI is InChI=1S/C18H27N3O2/c1-3-15(2)18(23)19-13-17(22)21-11-9-20(10-12-21)14-16-7-5-4-6-8-16/h4-8,15H,3,9-14H2,1-2H3,(H,19,23)/t15-/m1/s1. The summed E-state index contributed by atoms with van der Waals surface area (Å²) >= 11 is 0. The topological polar surface area (TPSA) is 52.7 Å². The predicted octanol–water partition coefficient (Wildman–Crippen LogP) is 1.49. The van der Waals surface area contributed by atoms with Gasteiger partial charge in [0.05, 0.1) is 6.54 Å². The van der Waals surface area contributed by atoms with Gasteiger partial charge in [-0.3, -0.25) is 14.5 Å². The van der Waals surface area contributed by atoms with Gasteiger partial charge in [-0.2, -0.15) is 0 Å². The molecule has 1 aromatic carbocycles. The number of hydrogen-bond donors (Lipinski definition) is 1. The molecule has 0 unspecified atom stereocenters. The predicted molar refractivity (Wildman–Crippen MR) is 90.8 cm³/mol. The number of nitrogens with one attached hydrogen (secondary N) is 1. The Morgan fingerprint density at radius 3 is 2.39 bits per heavy atom. The lowest BCUT2D eigenvalue weighted by atomic mass is 10.1. The van der Waals surface area contributed by atoms with Gasteiger partial charge in [-0.1, -0.05) is 44.2 Å². The van der Waals surface area contributed by atoms with Gasteiger partial charge < -0.3 is 10.2 Å². The third-order valence-electron chi connectivity index (χ3n) is 4.45. The first-order chi connectivity index (χ1) is 11.1. The average molecular weight is 317 g/mol. The summed E-state index contributed by atoms with van der Waals surface area (Å²) < 4.78 is 0. The number of carbonyl (C=O) groups excluding carboxylic acids is 2. The van der Waals surface area contributed by atoms with E-state index in [1.165, 1.54) is 5.56 Å². The quantitative estimate of drug-likeness (QED) is 0.865. The van der Waals surface area contributed by atoms with E-state index in [2.05, 4.69) is 34.5 Å². The Balaban J connectivity index is 1.71. The molecule has 1 aliphatic heterocycles. The minimum Gasteiger partial charge on any atom is -0.347 e. The molecule has 1 atom stereocenters. The summed E-state index contributed by atoms with van der Waals surface area (Å²) in [7, 11) is 0. The van der Waals surface area contributed by atoms with Gasteiger partial charge >= 0.3 is 0 Å². The molecule has 5 nitrogen and oxygen atoms in total. The first-order valence-electron chi connectivity index (χ1n) is 8.42. The smallest absolute Gasteiger partial charge is 0.242 e. The molecule has 0 aromatic heterocycles. The van der Waals surface area contributed by atoms with E-state index in [1.54, 1.807) is 0 Å². The minimum atomic E-state index is -0.0384. The number of hydrogen-bond acceptors (Lipinski definition) is 3. The van der Waals surface area contributed by atoms with Gasteiger partial charge in [-0.15, -0.1) is 0 Å². The Labute approximate surface area is 138 Å². The lowest BCUT2D eigenvalue weighted by Gasteiger charge is -2.34. The monoisotopic (exact) mass is 317 g/mol. The zero-order valence-corrected chi connectivity index (χ0v) is 14.1. The van der Waals surface area contributed by atoms with Crippen LogP contribution in [0.2, 0.25) is 0 Å². The molecule has 1 saturated heterocycles. The van der Waals surface area contributed by atoms with Gasteiger partial charge in [0.2, 0.25) is 11.8 Å². The lowest BCUT2D eigenvalue weighted by Crippen LogP contribution is -2.51. The number of amides is 2. The van der Waals surface area contributed by atoms with Gasteiger partial charge in [-0.05, 0) is 12.0 Å². The molecule has 0 saturated carbocycles. The number of nitrogens with zero attached hydrogens (tertiary/aromatic N) is 2. The highest BCUT2D eigenvalue weighted by atomic mass is 16.2. The molecule has 1 fully saturated rings. The van der Waals surface area contributed by atoms with Crippen molar-refractivity contribution in [2.75, 3.05) is 32.7 Å². The molecule has 0 bridgehead atoms. The second-order valence-electron chi connectivity index (χ2n) is 6.17. The largest absolute Gasteiger partial charge is 0.347 e. The third kappa shape index (κ3) is 5.36. The van der Waals surface area contributed by atoms with Crippen molar-refractivity contribution in [2.24, 2.45) is 5.92 Å². The highest BCUT2D eigenvalue weighted by Crippen LogP contribution is 2.08. The molecule has 1 aliphatic rings. The molecule has 0 aliphatic carbocycles. The van der Waals surface area contributed by atoms with Crippen LogP contribution in [0.5, 0.6) is 0 Å². The van der Waals surface area contributed by atoms with E-state index in [-0.39, 0.29) is 24.3 Å². The summed E-state index contributed by atoms with van der Waals surface area (Å²) in [5.74, 6) is -0.0601. The highest BCUT2D eigenvalue weighted by Gasteiger charge is 2.21. The second kappa shape index (κ2) is 8.67. The van der Waals surface area contributed by atoms with E-state index in [0.717, 1.165) is 39.1 Å². The summed E-state index contributed by atoms with van der Waals surface area (Å²) in [5.41, 5.74) is 1.30. The molecule has 0 radical (unpaired) electrons. The summed E-state index contributed by atoms with van der Waals surface area (Å²) in [4.78, 5) is 28.1. The van der Waals surface area contributed by atoms with E-state index in [0.29, 0.717) is 0 Å². The number of piperazine rings is 1. The van der Waals surface area contributed by atoms with Gasteiger partial charge in [-0.25, -0.2) is 0 Å². The van der Waals surface area contributed by atoms with Crippen LogP contribution in [-0.4, -0.2) is 54.3 Å². The Hall–Kier alpha value is -1.88. The van der Waals surface area contributed by atoms with Crippen LogP contribution in [0.15, 0.2) is 30.3 Å². The first-order valence-corrected chi connectivity index (χ1v) is 8.42. The van der Waals surface area contributed by atoms with Gasteiger partial charge in [0, 0.05) is 38.6 Å². The summed E-state index contributed by atoms with van der Waals surface area (Å²) in [6.07, 6.45) is 0.790. The molecular weight excluding hydrogens is 290 g/mol. The fourth-order valence-corrected chi connectivity index (χ4v) is 2.63. The Morgan fingerprint density at radius 2 is 1.78 bits per heavy atom. The van der Waals surface area contributed by atoms with Crippen molar-refractivity contribution in [3.63, 3.8) is 0 Å². The summed E-state index contributed by atoms with van der Waals surface area (Å²) in [6, 6.07) is 10.4.